The highest BCUT2D eigenvalue weighted by Crippen LogP contribution is 2.21. The van der Waals surface area contributed by atoms with Gasteiger partial charge in [-0.1, -0.05) is 35.6 Å². The van der Waals surface area contributed by atoms with Crippen molar-refractivity contribution >= 4 is 11.6 Å². The molecule has 0 atom stereocenters. The van der Waals surface area contributed by atoms with Gasteiger partial charge in [-0.3, -0.25) is 0 Å². The second kappa shape index (κ2) is 7.00. The molecule has 0 aromatic heterocycles. The molecule has 0 aliphatic heterocycles. The molecule has 0 fully saturated rings. The van der Waals surface area contributed by atoms with Gasteiger partial charge in [-0.15, -0.1) is 0 Å². The van der Waals surface area contributed by atoms with Gasteiger partial charge in [0, 0.05) is 10.6 Å². The Kier molecular flexibility index (Phi) is 5.06. The summed E-state index contributed by atoms with van der Waals surface area (Å²) in [4.78, 5) is 0. The monoisotopic (exact) mass is 285 g/mol. The normalized spacial score (nSPS) is 9.75. The van der Waals surface area contributed by atoms with Gasteiger partial charge in [0.05, 0.1) is 6.54 Å². The Hall–Kier alpha value is -1.95. The van der Waals surface area contributed by atoms with E-state index in [0.29, 0.717) is 13.2 Å². The fourth-order valence-corrected chi connectivity index (χ4v) is 1.88. The van der Waals surface area contributed by atoms with Crippen LogP contribution in [0, 0.1) is 18.8 Å². The second-order valence-electron chi connectivity index (χ2n) is 4.41. The lowest BCUT2D eigenvalue weighted by atomic mass is 10.1. The number of hydrogen-bond donors (Lipinski definition) is 1. The molecule has 3 heteroatoms. The third-order valence-electron chi connectivity index (χ3n) is 2.80. The Balaban J connectivity index is 2.05. The summed E-state index contributed by atoms with van der Waals surface area (Å²) in [6.45, 7) is 2.82. The maximum atomic E-state index is 5.99. The number of nitrogens with two attached hydrogens (primary N) is 1. The van der Waals surface area contributed by atoms with Gasteiger partial charge in [0.15, 0.2) is 0 Å². The van der Waals surface area contributed by atoms with E-state index >= 15 is 0 Å². The molecule has 0 radical (unpaired) electrons. The lowest BCUT2D eigenvalue weighted by molar-refractivity contribution is 0.306. The Bertz CT molecular complexity index is 656. The van der Waals surface area contributed by atoms with Crippen LogP contribution in [-0.2, 0) is 6.61 Å². The summed E-state index contributed by atoms with van der Waals surface area (Å²) >= 11 is 5.99. The first-order valence-corrected chi connectivity index (χ1v) is 6.73. The molecule has 2 rings (SSSR count). The quantitative estimate of drug-likeness (QED) is 0.876. The van der Waals surface area contributed by atoms with Crippen LogP contribution in [0.1, 0.15) is 16.7 Å². The maximum Gasteiger partial charge on any atom is 0.120 e. The van der Waals surface area contributed by atoms with Crippen molar-refractivity contribution in [2.45, 2.75) is 13.5 Å². The van der Waals surface area contributed by atoms with Crippen molar-refractivity contribution in [3.8, 4) is 17.6 Å². The summed E-state index contributed by atoms with van der Waals surface area (Å²) in [6, 6.07) is 13.6. The van der Waals surface area contributed by atoms with Crippen molar-refractivity contribution in [1.29, 1.82) is 0 Å². The zero-order chi connectivity index (χ0) is 14.4. The first kappa shape index (κ1) is 14.5. The molecule has 2 N–H and O–H groups in total. The van der Waals surface area contributed by atoms with Crippen LogP contribution in [0.15, 0.2) is 42.5 Å². The maximum absolute atomic E-state index is 5.99. The van der Waals surface area contributed by atoms with Crippen LogP contribution in [0.5, 0.6) is 5.75 Å². The lowest BCUT2D eigenvalue weighted by Gasteiger charge is -2.08. The topological polar surface area (TPSA) is 35.2 Å². The van der Waals surface area contributed by atoms with Crippen LogP contribution in [0.3, 0.4) is 0 Å². The van der Waals surface area contributed by atoms with Gasteiger partial charge in [0.25, 0.3) is 0 Å². The van der Waals surface area contributed by atoms with Gasteiger partial charge in [0.2, 0.25) is 0 Å². The third kappa shape index (κ3) is 4.03. The summed E-state index contributed by atoms with van der Waals surface area (Å²) in [6.07, 6.45) is 0. The molecule has 0 saturated heterocycles. The van der Waals surface area contributed by atoms with Gasteiger partial charge < -0.3 is 10.5 Å². The van der Waals surface area contributed by atoms with E-state index in [2.05, 4.69) is 11.8 Å². The smallest absolute Gasteiger partial charge is 0.120 e. The number of hydrogen-bond acceptors (Lipinski definition) is 2. The first-order chi connectivity index (χ1) is 9.69. The summed E-state index contributed by atoms with van der Waals surface area (Å²) in [5.41, 5.74) is 8.39. The van der Waals surface area contributed by atoms with Crippen molar-refractivity contribution in [2.24, 2.45) is 5.73 Å². The van der Waals surface area contributed by atoms with Crippen molar-refractivity contribution in [1.82, 2.24) is 0 Å². The van der Waals surface area contributed by atoms with E-state index in [0.717, 1.165) is 27.5 Å². The lowest BCUT2D eigenvalue weighted by Crippen LogP contribution is -1.96. The zero-order valence-corrected chi connectivity index (χ0v) is 12.1. The number of halogens is 1. The van der Waals surface area contributed by atoms with E-state index in [1.165, 1.54) is 0 Å². The predicted octanol–water partition coefficient (Wildman–Crippen LogP) is 3.54. The van der Waals surface area contributed by atoms with E-state index < -0.39 is 0 Å². The minimum absolute atomic E-state index is 0.366. The number of aryl methyl sites for hydroxylation is 1. The predicted molar refractivity (Wildman–Crippen MR) is 82.9 cm³/mol. The molecule has 0 aliphatic carbocycles. The average molecular weight is 286 g/mol. The van der Waals surface area contributed by atoms with Crippen LogP contribution in [0.25, 0.3) is 0 Å². The SMILES string of the molecule is Cc1cc(OCc2cccc(C#CCN)c2)ccc1Cl. The van der Waals surface area contributed by atoms with Gasteiger partial charge in [0.1, 0.15) is 12.4 Å². The summed E-state index contributed by atoms with van der Waals surface area (Å²) in [7, 11) is 0. The Morgan fingerprint density at radius 3 is 2.80 bits per heavy atom. The minimum Gasteiger partial charge on any atom is -0.489 e. The fraction of sp³-hybridized carbons (Fsp3) is 0.176. The molecule has 102 valence electrons. The minimum atomic E-state index is 0.366. The molecule has 0 saturated carbocycles. The number of rotatable bonds is 3. The summed E-state index contributed by atoms with van der Waals surface area (Å²) < 4.78 is 5.76. The number of benzene rings is 2. The van der Waals surface area contributed by atoms with Crippen LogP contribution in [-0.4, -0.2) is 6.54 Å². The highest BCUT2D eigenvalue weighted by atomic mass is 35.5. The molecule has 0 bridgehead atoms. The average Bonchev–Trinajstić information content (AvgIpc) is 2.47. The van der Waals surface area contributed by atoms with Gasteiger partial charge >= 0.3 is 0 Å². The van der Waals surface area contributed by atoms with Crippen molar-refractivity contribution in [3.05, 3.63) is 64.2 Å². The highest BCUT2D eigenvalue weighted by Gasteiger charge is 2.00. The van der Waals surface area contributed by atoms with E-state index in [1.54, 1.807) is 0 Å². The van der Waals surface area contributed by atoms with Crippen molar-refractivity contribution < 1.29 is 4.74 Å². The molecule has 0 spiro atoms. The van der Waals surface area contributed by atoms with E-state index in [-0.39, 0.29) is 0 Å². The summed E-state index contributed by atoms with van der Waals surface area (Å²) in [5, 5.41) is 0.747. The Morgan fingerprint density at radius 1 is 1.20 bits per heavy atom. The molecule has 2 aromatic rings. The van der Waals surface area contributed by atoms with E-state index in [9.17, 15) is 0 Å². The number of ether oxygens (including phenoxy) is 1. The Labute approximate surface area is 124 Å². The van der Waals surface area contributed by atoms with Crippen LogP contribution >= 0.6 is 11.6 Å². The highest BCUT2D eigenvalue weighted by molar-refractivity contribution is 6.31. The Morgan fingerprint density at radius 2 is 2.05 bits per heavy atom. The summed E-state index contributed by atoms with van der Waals surface area (Å²) in [5.74, 6) is 6.66. The fourth-order valence-electron chi connectivity index (χ4n) is 1.77. The molecular formula is C17H16ClNO. The van der Waals surface area contributed by atoms with Gasteiger partial charge in [-0.2, -0.15) is 0 Å². The second-order valence-corrected chi connectivity index (χ2v) is 4.81. The molecule has 0 heterocycles. The molecule has 2 nitrogen and oxygen atoms in total. The van der Waals surface area contributed by atoms with Crippen LogP contribution < -0.4 is 10.5 Å². The van der Waals surface area contributed by atoms with Crippen LogP contribution in [0.4, 0.5) is 0 Å². The van der Waals surface area contributed by atoms with Crippen LogP contribution in [0.2, 0.25) is 5.02 Å². The van der Waals surface area contributed by atoms with Crippen molar-refractivity contribution in [2.75, 3.05) is 6.54 Å². The standard InChI is InChI=1S/C17H16ClNO/c1-13-10-16(7-8-17(13)18)20-12-15-5-2-4-14(11-15)6-3-9-19/h2,4-5,7-8,10-11H,9,12,19H2,1H3. The molecule has 0 aliphatic rings. The van der Waals surface area contributed by atoms with Crippen molar-refractivity contribution in [3.63, 3.8) is 0 Å². The van der Waals surface area contributed by atoms with Gasteiger partial charge in [-0.25, -0.2) is 0 Å². The molecule has 2 aromatic carbocycles. The van der Waals surface area contributed by atoms with Gasteiger partial charge in [-0.05, 0) is 48.4 Å². The molecule has 20 heavy (non-hydrogen) atoms. The molecule has 0 unspecified atom stereocenters. The molecular weight excluding hydrogens is 270 g/mol. The van der Waals surface area contributed by atoms with E-state index in [1.807, 2.05) is 49.4 Å². The molecule has 0 amide bonds. The third-order valence-corrected chi connectivity index (χ3v) is 3.22. The first-order valence-electron chi connectivity index (χ1n) is 6.36. The zero-order valence-electron chi connectivity index (χ0n) is 11.3. The van der Waals surface area contributed by atoms with E-state index in [4.69, 9.17) is 22.1 Å². The largest absolute Gasteiger partial charge is 0.489 e.